The Labute approximate surface area is 166 Å². The summed E-state index contributed by atoms with van der Waals surface area (Å²) >= 11 is 2.79. The lowest BCUT2D eigenvalue weighted by Gasteiger charge is -2.10. The molecule has 5 nitrogen and oxygen atoms in total. The molecule has 7 heteroatoms. The summed E-state index contributed by atoms with van der Waals surface area (Å²) in [5, 5.41) is 6.14. The van der Waals surface area contributed by atoms with Crippen LogP contribution in [0.3, 0.4) is 0 Å². The highest BCUT2D eigenvalue weighted by atomic mass is 32.2. The Hall–Kier alpha value is -2.12. The highest BCUT2D eigenvalue weighted by Crippen LogP contribution is 2.32. The van der Waals surface area contributed by atoms with Crippen molar-refractivity contribution in [2.75, 3.05) is 12.3 Å². The van der Waals surface area contributed by atoms with E-state index in [1.165, 1.54) is 23.1 Å². The third-order valence-electron chi connectivity index (χ3n) is 4.24. The quantitative estimate of drug-likeness (QED) is 0.350. The average molecular weight is 402 g/mol. The van der Waals surface area contributed by atoms with Gasteiger partial charge in [-0.1, -0.05) is 55.4 Å². The van der Waals surface area contributed by atoms with Crippen molar-refractivity contribution >= 4 is 39.2 Å². The van der Waals surface area contributed by atoms with Crippen LogP contribution in [0.25, 0.3) is 21.3 Å². The molecule has 0 atom stereocenters. The fourth-order valence-corrected chi connectivity index (χ4v) is 4.69. The van der Waals surface area contributed by atoms with Crippen molar-refractivity contribution in [3.8, 4) is 11.1 Å². The van der Waals surface area contributed by atoms with Crippen molar-refractivity contribution in [3.05, 3.63) is 46.1 Å². The van der Waals surface area contributed by atoms with Gasteiger partial charge < -0.3 is 5.32 Å². The Morgan fingerprint density at radius 3 is 2.74 bits per heavy atom. The summed E-state index contributed by atoms with van der Waals surface area (Å²) in [6, 6.07) is 9.89. The first-order valence-corrected chi connectivity index (χ1v) is 11.0. The van der Waals surface area contributed by atoms with Crippen LogP contribution in [0, 0.1) is 0 Å². The topological polar surface area (TPSA) is 64.0 Å². The van der Waals surface area contributed by atoms with Crippen LogP contribution >= 0.6 is 23.1 Å². The number of benzene rings is 1. The van der Waals surface area contributed by atoms with Crippen LogP contribution in [-0.4, -0.2) is 27.8 Å². The number of thioether (sulfide) groups is 1. The second kappa shape index (κ2) is 9.19. The molecule has 142 valence electrons. The van der Waals surface area contributed by atoms with Crippen molar-refractivity contribution < 1.29 is 4.79 Å². The molecule has 3 rings (SSSR count). The second-order valence-corrected chi connectivity index (χ2v) is 7.93. The fourth-order valence-electron chi connectivity index (χ4n) is 2.81. The molecule has 2 aromatic heterocycles. The third-order valence-corrected chi connectivity index (χ3v) is 6.09. The summed E-state index contributed by atoms with van der Waals surface area (Å²) < 4.78 is 1.66. The van der Waals surface area contributed by atoms with Crippen LogP contribution < -0.4 is 10.9 Å². The highest BCUT2D eigenvalue weighted by Gasteiger charge is 2.17. The van der Waals surface area contributed by atoms with Crippen molar-refractivity contribution in [1.29, 1.82) is 0 Å². The Morgan fingerprint density at radius 2 is 2.04 bits per heavy atom. The van der Waals surface area contributed by atoms with Crippen LogP contribution in [0.4, 0.5) is 0 Å². The van der Waals surface area contributed by atoms with E-state index in [1.54, 1.807) is 4.57 Å². The summed E-state index contributed by atoms with van der Waals surface area (Å²) in [6.07, 6.45) is 2.01. The monoisotopic (exact) mass is 401 g/mol. The number of nitrogens with one attached hydrogen (secondary N) is 1. The van der Waals surface area contributed by atoms with Gasteiger partial charge in [0.1, 0.15) is 4.83 Å². The van der Waals surface area contributed by atoms with Crippen LogP contribution in [0.1, 0.15) is 26.7 Å². The molecule has 0 spiro atoms. The van der Waals surface area contributed by atoms with Gasteiger partial charge in [0.2, 0.25) is 5.91 Å². The van der Waals surface area contributed by atoms with Crippen LogP contribution in [-0.2, 0) is 11.3 Å². The normalized spacial score (nSPS) is 11.0. The van der Waals surface area contributed by atoms with Gasteiger partial charge in [-0.3, -0.25) is 14.2 Å². The molecule has 0 saturated carbocycles. The molecular formula is C20H23N3O2S2. The maximum Gasteiger partial charge on any atom is 0.263 e. The van der Waals surface area contributed by atoms with Gasteiger partial charge in [-0.2, -0.15) is 0 Å². The average Bonchev–Trinajstić information content (AvgIpc) is 3.11. The predicted molar refractivity (Wildman–Crippen MR) is 114 cm³/mol. The third kappa shape index (κ3) is 4.42. The number of amides is 1. The van der Waals surface area contributed by atoms with E-state index >= 15 is 0 Å². The number of rotatable bonds is 8. The molecule has 1 N–H and O–H groups in total. The molecule has 1 amide bonds. The summed E-state index contributed by atoms with van der Waals surface area (Å²) in [4.78, 5) is 30.5. The van der Waals surface area contributed by atoms with Gasteiger partial charge in [0.15, 0.2) is 5.16 Å². The lowest BCUT2D eigenvalue weighted by Crippen LogP contribution is -2.27. The predicted octanol–water partition coefficient (Wildman–Crippen LogP) is 4.15. The van der Waals surface area contributed by atoms with Crippen molar-refractivity contribution in [2.24, 2.45) is 0 Å². The van der Waals surface area contributed by atoms with E-state index in [0.29, 0.717) is 23.6 Å². The fraction of sp³-hybridized carbons (Fsp3) is 0.350. The number of nitrogens with zero attached hydrogens (tertiary/aromatic N) is 2. The minimum absolute atomic E-state index is 0.0263. The van der Waals surface area contributed by atoms with Gasteiger partial charge >= 0.3 is 0 Å². The lowest BCUT2D eigenvalue weighted by molar-refractivity contribution is -0.118. The number of aromatic nitrogens is 2. The Bertz CT molecular complexity index is 980. The Balaban J connectivity index is 1.90. The molecule has 27 heavy (non-hydrogen) atoms. The zero-order chi connectivity index (χ0) is 19.2. The number of carbonyl (C=O) groups excluding carboxylic acids is 1. The van der Waals surface area contributed by atoms with Gasteiger partial charge in [-0.15, -0.1) is 11.3 Å². The molecule has 0 radical (unpaired) electrons. The SMILES string of the molecule is CCCCNC(=O)CSc1nc2scc(-c3ccccc3)c2c(=O)n1CC. The largest absolute Gasteiger partial charge is 0.355 e. The number of fused-ring (bicyclic) bond motifs is 1. The summed E-state index contributed by atoms with van der Waals surface area (Å²) in [7, 11) is 0. The van der Waals surface area contributed by atoms with E-state index in [9.17, 15) is 9.59 Å². The molecule has 0 fully saturated rings. The zero-order valence-electron chi connectivity index (χ0n) is 15.5. The summed E-state index contributed by atoms with van der Waals surface area (Å²) in [5.74, 6) is 0.236. The highest BCUT2D eigenvalue weighted by molar-refractivity contribution is 7.99. The second-order valence-electron chi connectivity index (χ2n) is 6.13. The Kier molecular flexibility index (Phi) is 6.68. The molecule has 0 aliphatic carbocycles. The molecule has 0 saturated heterocycles. The standard InChI is InChI=1S/C20H23N3O2S2/c1-3-5-11-21-16(24)13-27-20-22-18-17(19(25)23(20)4-2)15(12-26-18)14-9-7-6-8-10-14/h6-10,12H,3-5,11,13H2,1-2H3,(H,21,24). The maximum atomic E-state index is 13.1. The van der Waals surface area contributed by atoms with E-state index in [2.05, 4.69) is 17.2 Å². The molecule has 1 aromatic carbocycles. The maximum absolute atomic E-state index is 13.1. The lowest BCUT2D eigenvalue weighted by atomic mass is 10.1. The number of unbranched alkanes of at least 4 members (excludes halogenated alkanes) is 1. The van der Waals surface area contributed by atoms with E-state index in [1.807, 2.05) is 42.6 Å². The molecule has 0 aliphatic rings. The van der Waals surface area contributed by atoms with Crippen molar-refractivity contribution in [2.45, 2.75) is 38.4 Å². The van der Waals surface area contributed by atoms with Crippen LogP contribution in [0.5, 0.6) is 0 Å². The Morgan fingerprint density at radius 1 is 1.26 bits per heavy atom. The number of thiophene rings is 1. The van der Waals surface area contributed by atoms with Gasteiger partial charge in [-0.05, 0) is 18.9 Å². The molecule has 0 unspecified atom stereocenters. The first-order valence-electron chi connectivity index (χ1n) is 9.12. The minimum atomic E-state index is -0.0449. The smallest absolute Gasteiger partial charge is 0.263 e. The van der Waals surface area contributed by atoms with Gasteiger partial charge in [0.25, 0.3) is 5.56 Å². The van der Waals surface area contributed by atoms with Gasteiger partial charge in [0.05, 0.1) is 11.1 Å². The molecule has 0 bridgehead atoms. The molecule has 2 heterocycles. The van der Waals surface area contributed by atoms with Crippen molar-refractivity contribution in [1.82, 2.24) is 14.9 Å². The summed E-state index contributed by atoms with van der Waals surface area (Å²) in [6.45, 7) is 5.22. The van der Waals surface area contributed by atoms with Gasteiger partial charge in [0, 0.05) is 24.0 Å². The van der Waals surface area contributed by atoms with E-state index in [-0.39, 0.29) is 17.2 Å². The minimum Gasteiger partial charge on any atom is -0.355 e. The van der Waals surface area contributed by atoms with Gasteiger partial charge in [-0.25, -0.2) is 4.98 Å². The first-order chi connectivity index (χ1) is 13.2. The van der Waals surface area contributed by atoms with Crippen molar-refractivity contribution in [3.63, 3.8) is 0 Å². The number of hydrogen-bond acceptors (Lipinski definition) is 5. The molecular weight excluding hydrogens is 378 g/mol. The van der Waals surface area contributed by atoms with E-state index in [0.717, 1.165) is 28.8 Å². The first kappa shape index (κ1) is 19.6. The van der Waals surface area contributed by atoms with Crippen LogP contribution in [0.15, 0.2) is 45.7 Å². The molecule has 0 aliphatic heterocycles. The zero-order valence-corrected chi connectivity index (χ0v) is 17.2. The summed E-state index contributed by atoms with van der Waals surface area (Å²) in [5.41, 5.74) is 1.89. The number of carbonyl (C=O) groups is 1. The number of hydrogen-bond donors (Lipinski definition) is 1. The van der Waals surface area contributed by atoms with E-state index in [4.69, 9.17) is 0 Å². The van der Waals surface area contributed by atoms with Crippen LogP contribution in [0.2, 0.25) is 0 Å². The van der Waals surface area contributed by atoms with E-state index < -0.39 is 0 Å². The molecule has 3 aromatic rings.